The maximum atomic E-state index is 12.2. The molecule has 156 valence electrons. The Labute approximate surface area is 194 Å². The van der Waals surface area contributed by atoms with Gasteiger partial charge in [0.15, 0.2) is 16.6 Å². The third-order valence-electron chi connectivity index (χ3n) is 3.95. The minimum atomic E-state index is -0.363. The van der Waals surface area contributed by atoms with Gasteiger partial charge in [-0.3, -0.25) is 4.79 Å². The largest absolute Gasteiger partial charge is 0.493 e. The first kappa shape index (κ1) is 22.3. The molecule has 0 spiro atoms. The predicted molar refractivity (Wildman–Crippen MR) is 125 cm³/mol. The zero-order valence-electron chi connectivity index (χ0n) is 16.1. The van der Waals surface area contributed by atoms with Crippen LogP contribution in [0.4, 0.5) is 5.13 Å². The molecule has 0 atom stereocenters. The van der Waals surface area contributed by atoms with Crippen LogP contribution in [0.1, 0.15) is 26.5 Å². The quantitative estimate of drug-likeness (QED) is 0.320. The van der Waals surface area contributed by atoms with Crippen molar-refractivity contribution in [3.05, 3.63) is 67.0 Å². The summed E-state index contributed by atoms with van der Waals surface area (Å²) in [4.78, 5) is 16.6. The minimum absolute atomic E-state index is 0.342. The molecule has 3 rings (SSSR count). The molecule has 0 aliphatic rings. The van der Waals surface area contributed by atoms with E-state index in [4.69, 9.17) is 15.2 Å². The van der Waals surface area contributed by atoms with E-state index >= 15 is 0 Å². The lowest BCUT2D eigenvalue weighted by Crippen LogP contribution is -2.17. The van der Waals surface area contributed by atoms with Gasteiger partial charge in [-0.2, -0.15) is 5.10 Å². The summed E-state index contributed by atoms with van der Waals surface area (Å²) < 4.78 is 13.1. The van der Waals surface area contributed by atoms with Crippen molar-refractivity contribution in [3.63, 3.8) is 0 Å². The Morgan fingerprint density at radius 2 is 2.03 bits per heavy atom. The smallest absolute Gasteiger partial charge is 0.283 e. The molecule has 3 N–H and O–H groups in total. The summed E-state index contributed by atoms with van der Waals surface area (Å²) in [5, 5.41) is 4.35. The van der Waals surface area contributed by atoms with Crippen LogP contribution in [-0.4, -0.2) is 24.2 Å². The Bertz CT molecular complexity index is 1080. The molecular formula is C20H18Br2N4O3S. The molecule has 3 aromatic rings. The number of nitrogens with one attached hydrogen (secondary N) is 1. The van der Waals surface area contributed by atoms with Gasteiger partial charge < -0.3 is 15.2 Å². The Balaban J connectivity index is 1.69. The topological polar surface area (TPSA) is 98.8 Å². The van der Waals surface area contributed by atoms with E-state index in [9.17, 15) is 4.79 Å². The summed E-state index contributed by atoms with van der Waals surface area (Å²) in [7, 11) is 1.56. The van der Waals surface area contributed by atoms with E-state index in [0.29, 0.717) is 38.3 Å². The van der Waals surface area contributed by atoms with Crippen molar-refractivity contribution in [2.75, 3.05) is 12.8 Å². The molecular weight excluding hydrogens is 536 g/mol. The molecule has 7 nitrogen and oxygen atoms in total. The van der Waals surface area contributed by atoms with Crippen LogP contribution in [0.3, 0.4) is 0 Å². The van der Waals surface area contributed by atoms with Crippen LogP contribution in [0.2, 0.25) is 0 Å². The normalized spacial score (nSPS) is 10.9. The number of nitrogen functional groups attached to an aromatic ring is 1. The highest BCUT2D eigenvalue weighted by Gasteiger charge is 2.14. The van der Waals surface area contributed by atoms with Crippen molar-refractivity contribution >= 4 is 60.5 Å². The number of thiazole rings is 1. The average molecular weight is 554 g/mol. The van der Waals surface area contributed by atoms with Gasteiger partial charge in [0.05, 0.1) is 23.5 Å². The predicted octanol–water partition coefficient (Wildman–Crippen LogP) is 4.91. The van der Waals surface area contributed by atoms with Gasteiger partial charge in [0.2, 0.25) is 0 Å². The fraction of sp³-hybridized carbons (Fsp3) is 0.150. The number of carbonyl (C=O) groups is 1. The molecule has 0 saturated heterocycles. The monoisotopic (exact) mass is 552 g/mol. The zero-order chi connectivity index (χ0) is 21.7. The van der Waals surface area contributed by atoms with Gasteiger partial charge in [-0.05, 0) is 58.2 Å². The molecule has 10 heteroatoms. The molecule has 0 unspecified atom stereocenters. The molecule has 30 heavy (non-hydrogen) atoms. The van der Waals surface area contributed by atoms with Gasteiger partial charge in [-0.1, -0.05) is 39.4 Å². The zero-order valence-corrected chi connectivity index (χ0v) is 20.1. The van der Waals surface area contributed by atoms with Crippen LogP contribution in [0.25, 0.3) is 0 Å². The summed E-state index contributed by atoms with van der Waals surface area (Å²) in [5.41, 5.74) is 10.4. The first-order valence-corrected chi connectivity index (χ1v) is 11.1. The molecule has 0 bridgehead atoms. The number of halogens is 2. The van der Waals surface area contributed by atoms with E-state index in [0.717, 1.165) is 26.9 Å². The van der Waals surface area contributed by atoms with Crippen LogP contribution in [0, 0.1) is 6.92 Å². The standard InChI is InChI=1S/C20H18Br2N4O3S/c1-11-18(30-20(23)25-11)19(27)26-24-9-13-7-15(22)17(16(8-13)28-2)29-10-12-3-5-14(21)6-4-12/h3-9H,10H2,1-2H3,(H2,23,25)(H,26,27)/b24-9-. The van der Waals surface area contributed by atoms with E-state index in [1.54, 1.807) is 20.1 Å². The molecule has 1 heterocycles. The number of carbonyl (C=O) groups excluding carboxylic acids is 1. The first-order valence-electron chi connectivity index (χ1n) is 8.68. The third-order valence-corrected chi connectivity index (χ3v) is 6.05. The molecule has 0 saturated carbocycles. The number of hydrogen-bond donors (Lipinski definition) is 2. The Morgan fingerprint density at radius 3 is 2.67 bits per heavy atom. The number of hydrogen-bond acceptors (Lipinski definition) is 7. The third kappa shape index (κ3) is 5.59. The number of aryl methyl sites for hydroxylation is 1. The fourth-order valence-corrected chi connectivity index (χ4v) is 4.10. The second-order valence-electron chi connectivity index (χ2n) is 6.12. The number of anilines is 1. The van der Waals surface area contributed by atoms with Crippen molar-refractivity contribution in [1.29, 1.82) is 0 Å². The summed E-state index contributed by atoms with van der Waals surface area (Å²) in [6.45, 7) is 2.11. The van der Waals surface area contributed by atoms with Gasteiger partial charge in [0.25, 0.3) is 5.91 Å². The maximum Gasteiger partial charge on any atom is 0.283 e. The Hall–Kier alpha value is -2.43. The highest BCUT2D eigenvalue weighted by molar-refractivity contribution is 9.10. The van der Waals surface area contributed by atoms with Crippen LogP contribution >= 0.6 is 43.2 Å². The van der Waals surface area contributed by atoms with E-state index in [-0.39, 0.29) is 5.91 Å². The van der Waals surface area contributed by atoms with E-state index in [1.165, 1.54) is 6.21 Å². The molecule has 0 radical (unpaired) electrons. The molecule has 0 fully saturated rings. The Morgan fingerprint density at radius 1 is 1.30 bits per heavy atom. The van der Waals surface area contributed by atoms with Crippen LogP contribution in [0.15, 0.2) is 50.4 Å². The molecule has 1 aromatic heterocycles. The highest BCUT2D eigenvalue weighted by Crippen LogP contribution is 2.37. The van der Waals surface area contributed by atoms with Crippen LogP contribution in [0.5, 0.6) is 11.5 Å². The Kier molecular flexibility index (Phi) is 7.46. The lowest BCUT2D eigenvalue weighted by atomic mass is 10.2. The maximum absolute atomic E-state index is 12.2. The number of nitrogens with two attached hydrogens (primary N) is 1. The van der Waals surface area contributed by atoms with Crippen molar-refractivity contribution in [2.45, 2.75) is 13.5 Å². The number of rotatable bonds is 7. The molecule has 0 aliphatic heterocycles. The van der Waals surface area contributed by atoms with Gasteiger partial charge in [0, 0.05) is 4.47 Å². The van der Waals surface area contributed by atoms with Crippen LogP contribution in [-0.2, 0) is 6.61 Å². The van der Waals surface area contributed by atoms with Gasteiger partial charge in [-0.15, -0.1) is 0 Å². The number of benzene rings is 2. The number of methoxy groups -OCH3 is 1. The van der Waals surface area contributed by atoms with Gasteiger partial charge >= 0.3 is 0 Å². The van der Waals surface area contributed by atoms with Gasteiger partial charge in [0.1, 0.15) is 11.5 Å². The fourth-order valence-electron chi connectivity index (χ4n) is 2.53. The van der Waals surface area contributed by atoms with Crippen LogP contribution < -0.4 is 20.6 Å². The van der Waals surface area contributed by atoms with Crippen molar-refractivity contribution < 1.29 is 14.3 Å². The number of aromatic nitrogens is 1. The summed E-state index contributed by atoms with van der Waals surface area (Å²) in [5.74, 6) is 0.760. The summed E-state index contributed by atoms with van der Waals surface area (Å²) in [6.07, 6.45) is 1.52. The lowest BCUT2D eigenvalue weighted by Gasteiger charge is -2.13. The summed E-state index contributed by atoms with van der Waals surface area (Å²) in [6, 6.07) is 11.5. The number of hydrazone groups is 1. The molecule has 0 aliphatic carbocycles. The van der Waals surface area contributed by atoms with Crippen molar-refractivity contribution in [3.8, 4) is 11.5 Å². The minimum Gasteiger partial charge on any atom is -0.493 e. The SMILES string of the molecule is COc1cc(/C=N\NC(=O)c2sc(N)nc2C)cc(Br)c1OCc1ccc(Br)cc1. The van der Waals surface area contributed by atoms with E-state index in [1.807, 2.05) is 30.3 Å². The second-order valence-corrected chi connectivity index (χ2v) is 8.92. The highest BCUT2D eigenvalue weighted by atomic mass is 79.9. The average Bonchev–Trinajstić information content (AvgIpc) is 3.06. The first-order chi connectivity index (χ1) is 14.4. The summed E-state index contributed by atoms with van der Waals surface area (Å²) >= 11 is 8.05. The number of amides is 1. The molecule has 1 amide bonds. The van der Waals surface area contributed by atoms with E-state index in [2.05, 4.69) is 47.4 Å². The van der Waals surface area contributed by atoms with E-state index < -0.39 is 0 Å². The van der Waals surface area contributed by atoms with Crippen molar-refractivity contribution in [2.24, 2.45) is 5.10 Å². The molecule has 2 aromatic carbocycles. The van der Waals surface area contributed by atoms with Gasteiger partial charge in [-0.25, -0.2) is 10.4 Å². The number of ether oxygens (including phenoxy) is 2. The number of nitrogens with zero attached hydrogens (tertiary/aromatic N) is 2. The lowest BCUT2D eigenvalue weighted by molar-refractivity contribution is 0.0958. The second kappa shape index (κ2) is 10.1. The van der Waals surface area contributed by atoms with Crippen molar-refractivity contribution in [1.82, 2.24) is 10.4 Å².